The Labute approximate surface area is 168 Å². The van der Waals surface area contributed by atoms with Gasteiger partial charge in [0.05, 0.1) is 6.54 Å². The molecule has 0 unspecified atom stereocenters. The largest absolute Gasteiger partial charge is 0.349 e. The molecule has 6 nitrogen and oxygen atoms in total. The standard InChI is InChI=1S/C19H26N4O2S2/c1-12(2)20-18(24)16-11-27-17(22-16)10-23(13(3)4)19(25)21-14-6-8-15(26-5)9-7-14/h6-9,11-13H,10H2,1-5H3,(H,20,24)(H,21,25). The fourth-order valence-corrected chi connectivity index (χ4v) is 3.51. The van der Waals surface area contributed by atoms with E-state index in [1.807, 2.05) is 58.2 Å². The molecular formula is C19H26N4O2S2. The van der Waals surface area contributed by atoms with Crippen molar-refractivity contribution in [1.29, 1.82) is 0 Å². The molecule has 0 spiro atoms. The number of carbonyl (C=O) groups is 2. The number of thiazole rings is 1. The lowest BCUT2D eigenvalue weighted by molar-refractivity contribution is 0.0938. The molecule has 2 N–H and O–H groups in total. The normalized spacial score (nSPS) is 10.9. The van der Waals surface area contributed by atoms with Gasteiger partial charge in [-0.25, -0.2) is 9.78 Å². The van der Waals surface area contributed by atoms with Crippen molar-refractivity contribution in [2.24, 2.45) is 0 Å². The van der Waals surface area contributed by atoms with Gasteiger partial charge < -0.3 is 15.5 Å². The fourth-order valence-electron chi connectivity index (χ4n) is 2.33. The first-order valence-corrected chi connectivity index (χ1v) is 10.9. The summed E-state index contributed by atoms with van der Waals surface area (Å²) < 4.78 is 0. The molecule has 1 aromatic heterocycles. The van der Waals surface area contributed by atoms with Crippen molar-refractivity contribution in [2.45, 2.75) is 51.2 Å². The lowest BCUT2D eigenvalue weighted by Crippen LogP contribution is -2.39. The van der Waals surface area contributed by atoms with Gasteiger partial charge in [-0.05, 0) is 58.2 Å². The molecule has 0 fully saturated rings. The summed E-state index contributed by atoms with van der Waals surface area (Å²) in [5.74, 6) is -0.193. The molecule has 27 heavy (non-hydrogen) atoms. The molecule has 1 aromatic carbocycles. The third-order valence-corrected chi connectivity index (χ3v) is 5.31. The summed E-state index contributed by atoms with van der Waals surface area (Å²) >= 11 is 3.04. The van der Waals surface area contributed by atoms with Gasteiger partial charge in [0, 0.05) is 28.0 Å². The average molecular weight is 407 g/mol. The molecule has 1 heterocycles. The highest BCUT2D eigenvalue weighted by molar-refractivity contribution is 7.98. The molecule has 0 atom stereocenters. The molecule has 0 aliphatic rings. The summed E-state index contributed by atoms with van der Waals surface area (Å²) in [7, 11) is 0. The van der Waals surface area contributed by atoms with Crippen LogP contribution < -0.4 is 10.6 Å². The van der Waals surface area contributed by atoms with Gasteiger partial charge in [0.2, 0.25) is 0 Å². The highest BCUT2D eigenvalue weighted by atomic mass is 32.2. The van der Waals surface area contributed by atoms with E-state index in [0.717, 1.165) is 15.6 Å². The lowest BCUT2D eigenvalue weighted by atomic mass is 10.3. The number of nitrogens with zero attached hydrogens (tertiary/aromatic N) is 2. The third-order valence-electron chi connectivity index (χ3n) is 3.74. The number of urea groups is 1. The van der Waals surface area contributed by atoms with Crippen molar-refractivity contribution in [3.63, 3.8) is 0 Å². The molecule has 3 amide bonds. The van der Waals surface area contributed by atoms with Gasteiger partial charge in [0.15, 0.2) is 0 Å². The van der Waals surface area contributed by atoms with E-state index in [2.05, 4.69) is 15.6 Å². The Kier molecular flexibility index (Phi) is 7.67. The number of anilines is 1. The summed E-state index contributed by atoms with van der Waals surface area (Å²) in [6.45, 7) is 8.07. The molecule has 8 heteroatoms. The third kappa shape index (κ3) is 6.25. The molecule has 0 bridgehead atoms. The van der Waals surface area contributed by atoms with Gasteiger partial charge in [-0.2, -0.15) is 0 Å². The fraction of sp³-hybridized carbons (Fsp3) is 0.421. The number of thioether (sulfide) groups is 1. The maximum Gasteiger partial charge on any atom is 0.322 e. The summed E-state index contributed by atoms with van der Waals surface area (Å²) in [6, 6.07) is 7.58. The predicted octanol–water partition coefficient (Wildman–Crippen LogP) is 4.45. The number of amides is 3. The van der Waals surface area contributed by atoms with Gasteiger partial charge in [0.1, 0.15) is 10.7 Å². The molecule has 0 saturated heterocycles. The first-order valence-electron chi connectivity index (χ1n) is 8.77. The predicted molar refractivity (Wildman–Crippen MR) is 113 cm³/mol. The Morgan fingerprint density at radius 1 is 1.19 bits per heavy atom. The minimum atomic E-state index is -0.193. The Morgan fingerprint density at radius 2 is 1.85 bits per heavy atom. The number of hydrogen-bond acceptors (Lipinski definition) is 5. The Bertz CT molecular complexity index is 772. The highest BCUT2D eigenvalue weighted by Crippen LogP contribution is 2.19. The number of benzene rings is 1. The Hall–Kier alpha value is -2.06. The smallest absolute Gasteiger partial charge is 0.322 e. The van der Waals surface area contributed by atoms with Gasteiger partial charge in [-0.1, -0.05) is 0 Å². The summed E-state index contributed by atoms with van der Waals surface area (Å²) in [5, 5.41) is 8.20. The second-order valence-corrected chi connectivity index (χ2v) is 8.46. The first-order chi connectivity index (χ1) is 12.8. The van der Waals surface area contributed by atoms with E-state index in [9.17, 15) is 9.59 Å². The molecular weight excluding hydrogens is 380 g/mol. The van der Waals surface area contributed by atoms with Crippen LogP contribution in [0.15, 0.2) is 34.5 Å². The summed E-state index contributed by atoms with van der Waals surface area (Å²) in [4.78, 5) is 32.0. The number of aromatic nitrogens is 1. The summed E-state index contributed by atoms with van der Waals surface area (Å²) in [6.07, 6.45) is 2.01. The van der Waals surface area contributed by atoms with E-state index in [0.29, 0.717) is 12.2 Å². The van der Waals surface area contributed by atoms with Crippen LogP contribution in [0.25, 0.3) is 0 Å². The minimum Gasteiger partial charge on any atom is -0.349 e. The monoisotopic (exact) mass is 406 g/mol. The van der Waals surface area contributed by atoms with E-state index in [1.165, 1.54) is 11.3 Å². The number of carbonyl (C=O) groups excluding carboxylic acids is 2. The van der Waals surface area contributed by atoms with Gasteiger partial charge in [0.25, 0.3) is 5.91 Å². The van der Waals surface area contributed by atoms with Crippen LogP contribution in [0.2, 0.25) is 0 Å². The Morgan fingerprint density at radius 3 is 2.41 bits per heavy atom. The van der Waals surface area contributed by atoms with Crippen LogP contribution in [-0.4, -0.2) is 40.2 Å². The van der Waals surface area contributed by atoms with E-state index in [-0.39, 0.29) is 24.0 Å². The van der Waals surface area contributed by atoms with Crippen LogP contribution in [0.5, 0.6) is 0 Å². The van der Waals surface area contributed by atoms with E-state index in [4.69, 9.17) is 0 Å². The van der Waals surface area contributed by atoms with Gasteiger partial charge in [-0.3, -0.25) is 4.79 Å². The zero-order valence-corrected chi connectivity index (χ0v) is 17.9. The molecule has 2 rings (SSSR count). The lowest BCUT2D eigenvalue weighted by Gasteiger charge is -2.26. The molecule has 0 saturated carbocycles. The number of rotatable bonds is 7. The van der Waals surface area contributed by atoms with Crippen molar-refractivity contribution in [3.05, 3.63) is 40.3 Å². The first kappa shape index (κ1) is 21.2. The van der Waals surface area contributed by atoms with Crippen molar-refractivity contribution in [1.82, 2.24) is 15.2 Å². The van der Waals surface area contributed by atoms with Crippen molar-refractivity contribution in [2.75, 3.05) is 11.6 Å². The molecule has 146 valence electrons. The molecule has 0 aliphatic heterocycles. The highest BCUT2D eigenvalue weighted by Gasteiger charge is 2.20. The molecule has 0 aliphatic carbocycles. The molecule has 0 radical (unpaired) electrons. The van der Waals surface area contributed by atoms with Crippen molar-refractivity contribution in [3.8, 4) is 0 Å². The zero-order chi connectivity index (χ0) is 20.0. The van der Waals surface area contributed by atoms with Crippen molar-refractivity contribution >= 4 is 40.7 Å². The SMILES string of the molecule is CSc1ccc(NC(=O)N(Cc2nc(C(=O)NC(C)C)cs2)C(C)C)cc1. The van der Waals surface area contributed by atoms with Crippen LogP contribution >= 0.6 is 23.1 Å². The van der Waals surface area contributed by atoms with E-state index in [1.54, 1.807) is 22.0 Å². The number of hydrogen-bond donors (Lipinski definition) is 2. The maximum atomic E-state index is 12.7. The Balaban J connectivity index is 2.05. The quantitative estimate of drug-likeness (QED) is 0.667. The maximum absolute atomic E-state index is 12.7. The van der Waals surface area contributed by atoms with E-state index < -0.39 is 0 Å². The van der Waals surface area contributed by atoms with Crippen LogP contribution in [0.4, 0.5) is 10.5 Å². The van der Waals surface area contributed by atoms with E-state index >= 15 is 0 Å². The minimum absolute atomic E-state index is 0.00712. The van der Waals surface area contributed by atoms with Crippen LogP contribution in [0.1, 0.15) is 43.2 Å². The molecule has 2 aromatic rings. The topological polar surface area (TPSA) is 74.3 Å². The zero-order valence-electron chi connectivity index (χ0n) is 16.3. The van der Waals surface area contributed by atoms with Gasteiger partial charge >= 0.3 is 6.03 Å². The van der Waals surface area contributed by atoms with Crippen LogP contribution in [0, 0.1) is 0 Å². The summed E-state index contributed by atoms with van der Waals surface area (Å²) in [5.41, 5.74) is 1.14. The average Bonchev–Trinajstić information content (AvgIpc) is 3.08. The van der Waals surface area contributed by atoms with Crippen LogP contribution in [-0.2, 0) is 6.54 Å². The van der Waals surface area contributed by atoms with Crippen LogP contribution in [0.3, 0.4) is 0 Å². The second-order valence-electron chi connectivity index (χ2n) is 6.63. The number of nitrogens with one attached hydrogen (secondary N) is 2. The second kappa shape index (κ2) is 9.75. The van der Waals surface area contributed by atoms with Gasteiger partial charge in [-0.15, -0.1) is 23.1 Å². The van der Waals surface area contributed by atoms with Crippen molar-refractivity contribution < 1.29 is 9.59 Å².